The van der Waals surface area contributed by atoms with E-state index >= 15 is 0 Å². The summed E-state index contributed by atoms with van der Waals surface area (Å²) in [4.78, 5) is 55.0. The summed E-state index contributed by atoms with van der Waals surface area (Å²) in [6.07, 6.45) is 0.326. The number of anilines is 1. The molecule has 1 aliphatic rings. The Hall–Kier alpha value is -3.59. The number of carbonyl (C=O) groups excluding carboxylic acids is 4. The number of aryl methyl sites for hydroxylation is 1. The largest absolute Gasteiger partial charge is 0.465 e. The van der Waals surface area contributed by atoms with Gasteiger partial charge >= 0.3 is 5.97 Å². The fourth-order valence-electron chi connectivity index (χ4n) is 3.67. The molecule has 0 spiro atoms. The van der Waals surface area contributed by atoms with E-state index in [4.69, 9.17) is 4.74 Å². The molecule has 32 heavy (non-hydrogen) atoms. The monoisotopic (exact) mass is 451 g/mol. The number of imide groups is 1. The molecule has 1 aliphatic heterocycles. The first-order chi connectivity index (χ1) is 15.4. The molecule has 9 heteroatoms. The molecule has 1 saturated heterocycles. The maximum atomic E-state index is 13.0. The third kappa shape index (κ3) is 4.11. The Morgan fingerprint density at radius 2 is 1.81 bits per heavy atom. The molecule has 0 N–H and O–H groups in total. The molecule has 0 saturated carbocycles. The van der Waals surface area contributed by atoms with Crippen LogP contribution in [0.2, 0.25) is 0 Å². The molecule has 0 radical (unpaired) electrons. The summed E-state index contributed by atoms with van der Waals surface area (Å²) >= 11 is 1.30. The van der Waals surface area contributed by atoms with Crippen LogP contribution in [0, 0.1) is 6.92 Å². The van der Waals surface area contributed by atoms with Crippen molar-refractivity contribution in [3.8, 4) is 0 Å². The maximum absolute atomic E-state index is 13.0. The fraction of sp³-hybridized carbons (Fsp3) is 0.261. The van der Waals surface area contributed by atoms with Gasteiger partial charge in [0.05, 0.1) is 22.5 Å². The summed E-state index contributed by atoms with van der Waals surface area (Å²) in [6, 6.07) is 12.0. The average molecular weight is 452 g/mol. The molecule has 0 aliphatic carbocycles. The van der Waals surface area contributed by atoms with Gasteiger partial charge in [-0.1, -0.05) is 29.5 Å². The first kappa shape index (κ1) is 21.6. The van der Waals surface area contributed by atoms with E-state index in [1.807, 2.05) is 25.1 Å². The highest BCUT2D eigenvalue weighted by Gasteiger charge is 2.30. The third-order valence-electron chi connectivity index (χ3n) is 5.10. The molecule has 3 amide bonds. The molecule has 3 aromatic rings. The number of fused-ring (bicyclic) bond motifs is 1. The number of ether oxygens (including phenoxy) is 1. The highest BCUT2D eigenvalue weighted by atomic mass is 32.1. The van der Waals surface area contributed by atoms with E-state index in [9.17, 15) is 19.2 Å². The third-order valence-corrected chi connectivity index (χ3v) is 6.14. The standard InChI is InChI=1S/C23H21N3O5S/c1-3-31-20(29)13-25-21-14(2)6-4-9-17(21)32-23(25)24-22(30)15-7-5-8-16(12-15)26-18(27)10-11-19(26)28/h4-9,12H,3,10-11,13H2,1-2H3. The number of nitrogens with zero attached hydrogens (tertiary/aromatic N) is 3. The molecule has 1 fully saturated rings. The molecule has 0 atom stereocenters. The van der Waals surface area contributed by atoms with Gasteiger partial charge in [0.25, 0.3) is 5.91 Å². The van der Waals surface area contributed by atoms with Crippen LogP contribution in [0.15, 0.2) is 47.5 Å². The van der Waals surface area contributed by atoms with Gasteiger partial charge in [-0.15, -0.1) is 0 Å². The molecule has 2 aromatic carbocycles. The quantitative estimate of drug-likeness (QED) is 0.439. The smallest absolute Gasteiger partial charge is 0.326 e. The van der Waals surface area contributed by atoms with E-state index in [0.29, 0.717) is 10.5 Å². The molecular weight excluding hydrogens is 430 g/mol. The second-order valence-corrected chi connectivity index (χ2v) is 8.30. The number of thiazole rings is 1. The van der Waals surface area contributed by atoms with Crippen molar-refractivity contribution < 1.29 is 23.9 Å². The Balaban J connectivity index is 1.76. The Morgan fingerprint density at radius 1 is 1.09 bits per heavy atom. The van der Waals surface area contributed by atoms with E-state index < -0.39 is 11.9 Å². The van der Waals surface area contributed by atoms with Gasteiger partial charge in [0.15, 0.2) is 4.80 Å². The van der Waals surface area contributed by atoms with Crippen LogP contribution < -0.4 is 9.70 Å². The van der Waals surface area contributed by atoms with Crippen LogP contribution in [-0.4, -0.2) is 34.9 Å². The Labute approximate surface area is 187 Å². The van der Waals surface area contributed by atoms with Gasteiger partial charge < -0.3 is 9.30 Å². The zero-order valence-corrected chi connectivity index (χ0v) is 18.5. The first-order valence-corrected chi connectivity index (χ1v) is 11.0. The molecule has 164 valence electrons. The summed E-state index contributed by atoms with van der Waals surface area (Å²) in [5, 5.41) is 0. The van der Waals surface area contributed by atoms with Crippen molar-refractivity contribution in [1.29, 1.82) is 0 Å². The van der Waals surface area contributed by atoms with Crippen molar-refractivity contribution >= 4 is 50.9 Å². The van der Waals surface area contributed by atoms with Crippen LogP contribution in [0.25, 0.3) is 10.2 Å². The molecule has 4 rings (SSSR count). The lowest BCUT2D eigenvalue weighted by Gasteiger charge is -2.14. The maximum Gasteiger partial charge on any atom is 0.326 e. The van der Waals surface area contributed by atoms with Crippen LogP contribution in [-0.2, 0) is 25.7 Å². The number of esters is 1. The lowest BCUT2D eigenvalue weighted by Crippen LogP contribution is -2.28. The summed E-state index contributed by atoms with van der Waals surface area (Å²) in [5.41, 5.74) is 2.36. The Kier molecular flexibility index (Phi) is 6.00. The molecule has 0 unspecified atom stereocenters. The number of hydrogen-bond acceptors (Lipinski definition) is 6. The van der Waals surface area contributed by atoms with Crippen molar-refractivity contribution in [2.24, 2.45) is 4.99 Å². The minimum absolute atomic E-state index is 0.0678. The minimum Gasteiger partial charge on any atom is -0.465 e. The topological polar surface area (TPSA) is 98.0 Å². The highest BCUT2D eigenvalue weighted by molar-refractivity contribution is 7.16. The number of para-hydroxylation sites is 1. The van der Waals surface area contributed by atoms with Crippen LogP contribution in [0.1, 0.15) is 35.7 Å². The average Bonchev–Trinajstić information content (AvgIpc) is 3.28. The summed E-state index contributed by atoms with van der Waals surface area (Å²) in [7, 11) is 0. The summed E-state index contributed by atoms with van der Waals surface area (Å²) < 4.78 is 7.66. The van der Waals surface area contributed by atoms with Crippen LogP contribution >= 0.6 is 11.3 Å². The highest BCUT2D eigenvalue weighted by Crippen LogP contribution is 2.24. The number of rotatable bonds is 5. The molecule has 2 heterocycles. The van der Waals surface area contributed by atoms with Crippen LogP contribution in [0.4, 0.5) is 5.69 Å². The van der Waals surface area contributed by atoms with Crippen LogP contribution in [0.5, 0.6) is 0 Å². The molecule has 0 bridgehead atoms. The second kappa shape index (κ2) is 8.88. The lowest BCUT2D eigenvalue weighted by molar-refractivity contribution is -0.143. The number of benzene rings is 2. The predicted molar refractivity (Wildman–Crippen MR) is 119 cm³/mol. The Morgan fingerprint density at radius 3 is 2.53 bits per heavy atom. The Bertz CT molecular complexity index is 1300. The fourth-order valence-corrected chi connectivity index (χ4v) is 4.77. The normalized spacial score (nSPS) is 14.4. The van der Waals surface area contributed by atoms with Gasteiger partial charge in [-0.3, -0.25) is 24.1 Å². The van der Waals surface area contributed by atoms with Gasteiger partial charge in [-0.2, -0.15) is 4.99 Å². The van der Waals surface area contributed by atoms with Crippen molar-refractivity contribution in [3.05, 3.63) is 58.4 Å². The predicted octanol–water partition coefficient (Wildman–Crippen LogP) is 2.97. The molecule has 1 aromatic heterocycles. The van der Waals surface area contributed by atoms with E-state index in [1.54, 1.807) is 29.7 Å². The minimum atomic E-state index is -0.534. The van der Waals surface area contributed by atoms with Crippen molar-refractivity contribution in [2.45, 2.75) is 33.2 Å². The zero-order valence-electron chi connectivity index (χ0n) is 17.7. The number of amides is 3. The van der Waals surface area contributed by atoms with Gasteiger partial charge in [0.1, 0.15) is 6.54 Å². The van der Waals surface area contributed by atoms with Crippen LogP contribution in [0.3, 0.4) is 0 Å². The van der Waals surface area contributed by atoms with E-state index in [1.165, 1.54) is 17.4 Å². The summed E-state index contributed by atoms with van der Waals surface area (Å²) in [5.74, 6) is -1.53. The SMILES string of the molecule is CCOC(=O)Cn1c(=NC(=O)c2cccc(N3C(=O)CCC3=O)c2)sc2cccc(C)c21. The van der Waals surface area contributed by atoms with Crippen molar-refractivity contribution in [2.75, 3.05) is 11.5 Å². The van der Waals surface area contributed by atoms with E-state index in [0.717, 1.165) is 20.7 Å². The van der Waals surface area contributed by atoms with E-state index in [-0.39, 0.29) is 43.4 Å². The molecular formula is C23H21N3O5S. The first-order valence-electron chi connectivity index (χ1n) is 10.2. The lowest BCUT2D eigenvalue weighted by atomic mass is 10.2. The zero-order chi connectivity index (χ0) is 22.8. The second-order valence-electron chi connectivity index (χ2n) is 7.29. The number of hydrogen-bond donors (Lipinski definition) is 0. The van der Waals surface area contributed by atoms with Gasteiger partial charge in [-0.05, 0) is 43.7 Å². The van der Waals surface area contributed by atoms with Gasteiger partial charge in [0, 0.05) is 18.4 Å². The summed E-state index contributed by atoms with van der Waals surface area (Å²) in [6.45, 7) is 3.85. The van der Waals surface area contributed by atoms with Crippen molar-refractivity contribution in [1.82, 2.24) is 4.57 Å². The molecule has 8 nitrogen and oxygen atoms in total. The van der Waals surface area contributed by atoms with Crippen molar-refractivity contribution in [3.63, 3.8) is 0 Å². The van der Waals surface area contributed by atoms with Gasteiger partial charge in [0.2, 0.25) is 11.8 Å². The number of aromatic nitrogens is 1. The number of carbonyl (C=O) groups is 4. The van der Waals surface area contributed by atoms with Gasteiger partial charge in [-0.25, -0.2) is 0 Å². The van der Waals surface area contributed by atoms with E-state index in [2.05, 4.69) is 4.99 Å².